The van der Waals surface area contributed by atoms with Gasteiger partial charge in [0.2, 0.25) is 11.8 Å². The Morgan fingerprint density at radius 2 is 1.71 bits per heavy atom. The van der Waals surface area contributed by atoms with Gasteiger partial charge < -0.3 is 15.0 Å². The van der Waals surface area contributed by atoms with E-state index in [9.17, 15) is 18.0 Å². The lowest BCUT2D eigenvalue weighted by atomic mass is 10.1. The number of nitrogens with zero attached hydrogens (tertiary/aromatic N) is 2. The number of hydrogen-bond acceptors (Lipinski definition) is 5. The zero-order chi connectivity index (χ0) is 29.4. The Hall–Kier alpha value is -3.56. The van der Waals surface area contributed by atoms with Crippen molar-refractivity contribution < 1.29 is 22.7 Å². The van der Waals surface area contributed by atoms with Crippen LogP contribution >= 0.6 is 11.6 Å². The number of rotatable bonds is 12. The van der Waals surface area contributed by atoms with Crippen molar-refractivity contribution in [3.8, 4) is 5.75 Å². The molecule has 2 amide bonds. The molecule has 0 heterocycles. The Bertz CT molecular complexity index is 1440. The monoisotopic (exact) mass is 597 g/mol. The minimum absolute atomic E-state index is 0.0399. The van der Waals surface area contributed by atoms with Gasteiger partial charge in [-0.05, 0) is 67.3 Å². The van der Waals surface area contributed by atoms with Gasteiger partial charge in [-0.15, -0.1) is 0 Å². The maximum atomic E-state index is 14.2. The van der Waals surface area contributed by atoms with Gasteiger partial charge in [0.25, 0.3) is 10.0 Å². The van der Waals surface area contributed by atoms with Crippen molar-refractivity contribution in [3.63, 3.8) is 0 Å². The summed E-state index contributed by atoms with van der Waals surface area (Å²) in [6.45, 7) is 1.43. The molecule has 41 heavy (non-hydrogen) atoms. The molecule has 8 nitrogen and oxygen atoms in total. The number of nitrogens with one attached hydrogen (secondary N) is 1. The van der Waals surface area contributed by atoms with Crippen LogP contribution in [0, 0.1) is 0 Å². The molecule has 3 aromatic rings. The van der Waals surface area contributed by atoms with Crippen molar-refractivity contribution in [2.45, 2.75) is 62.6 Å². The van der Waals surface area contributed by atoms with E-state index in [1.807, 2.05) is 19.1 Å². The number of methoxy groups -OCH3 is 1. The summed E-state index contributed by atoms with van der Waals surface area (Å²) in [7, 11) is -2.59. The van der Waals surface area contributed by atoms with Gasteiger partial charge in [0.1, 0.15) is 18.3 Å². The third-order valence-corrected chi connectivity index (χ3v) is 9.30. The Kier molecular flexibility index (Phi) is 10.3. The molecule has 0 saturated heterocycles. The lowest BCUT2D eigenvalue weighted by Gasteiger charge is -2.34. The van der Waals surface area contributed by atoms with E-state index < -0.39 is 28.5 Å². The molecule has 1 fully saturated rings. The molecule has 10 heteroatoms. The molecule has 218 valence electrons. The van der Waals surface area contributed by atoms with E-state index in [-0.39, 0.29) is 29.1 Å². The number of carbonyl (C=O) groups is 2. The third-order valence-electron chi connectivity index (χ3n) is 7.28. The standard InChI is InChI=1S/C31H36ClN3O5S/c1-3-29(31(37)33-25-13-7-8-14-25)34(21-23-11-9-16-27(19-23)40-2)30(36)22-35(26-15-10-12-24(32)20-26)41(38,39)28-17-5-4-6-18-28/h4-6,9-12,15-20,25,29H,3,7-8,13-14,21-22H2,1-2H3,(H,33,37)/t29-/m1/s1. The van der Waals surface area contributed by atoms with Gasteiger partial charge in [-0.25, -0.2) is 8.42 Å². The molecule has 4 rings (SSSR count). The molecule has 1 atom stereocenters. The van der Waals surface area contributed by atoms with Crippen LogP contribution in [0.25, 0.3) is 0 Å². The third kappa shape index (κ3) is 7.59. The smallest absolute Gasteiger partial charge is 0.264 e. The van der Waals surface area contributed by atoms with Crippen molar-refractivity contribution in [1.82, 2.24) is 10.2 Å². The van der Waals surface area contributed by atoms with Crippen LogP contribution in [-0.4, -0.2) is 50.9 Å². The first-order valence-electron chi connectivity index (χ1n) is 13.8. The molecule has 1 aliphatic rings. The Morgan fingerprint density at radius 3 is 2.37 bits per heavy atom. The van der Waals surface area contributed by atoms with E-state index in [1.54, 1.807) is 55.6 Å². The van der Waals surface area contributed by atoms with E-state index in [2.05, 4.69) is 5.32 Å². The average Bonchev–Trinajstić information content (AvgIpc) is 3.49. The summed E-state index contributed by atoms with van der Waals surface area (Å²) in [5.41, 5.74) is 1.00. The van der Waals surface area contributed by atoms with E-state index in [1.165, 1.54) is 23.1 Å². The number of carbonyl (C=O) groups excluding carboxylic acids is 2. The van der Waals surface area contributed by atoms with E-state index in [0.29, 0.717) is 17.2 Å². The molecular formula is C31H36ClN3O5S. The van der Waals surface area contributed by atoms with Crippen LogP contribution in [0.1, 0.15) is 44.6 Å². The summed E-state index contributed by atoms with van der Waals surface area (Å²) in [4.78, 5) is 29.2. The van der Waals surface area contributed by atoms with Gasteiger partial charge in [0.05, 0.1) is 17.7 Å². The Morgan fingerprint density at radius 1 is 1.00 bits per heavy atom. The van der Waals surface area contributed by atoms with Crippen LogP contribution in [-0.2, 0) is 26.2 Å². The van der Waals surface area contributed by atoms with Crippen molar-refractivity contribution in [2.75, 3.05) is 18.0 Å². The first kappa shape index (κ1) is 30.4. The number of anilines is 1. The summed E-state index contributed by atoms with van der Waals surface area (Å²) < 4.78 is 34.1. The summed E-state index contributed by atoms with van der Waals surface area (Å²) in [5, 5.41) is 3.45. The maximum Gasteiger partial charge on any atom is 0.264 e. The highest BCUT2D eigenvalue weighted by atomic mass is 35.5. The molecule has 3 aromatic carbocycles. The van der Waals surface area contributed by atoms with Crippen molar-refractivity contribution in [3.05, 3.63) is 89.4 Å². The van der Waals surface area contributed by atoms with Crippen molar-refractivity contribution >= 4 is 39.1 Å². The predicted octanol–water partition coefficient (Wildman–Crippen LogP) is 5.41. The molecule has 0 aromatic heterocycles. The molecule has 1 aliphatic carbocycles. The topological polar surface area (TPSA) is 96.0 Å². The van der Waals surface area contributed by atoms with Crippen LogP contribution in [0.5, 0.6) is 5.75 Å². The highest BCUT2D eigenvalue weighted by molar-refractivity contribution is 7.92. The van der Waals surface area contributed by atoms with Crippen molar-refractivity contribution in [2.24, 2.45) is 0 Å². The number of hydrogen-bond donors (Lipinski definition) is 1. The first-order chi connectivity index (χ1) is 19.7. The second-order valence-corrected chi connectivity index (χ2v) is 12.4. The fourth-order valence-electron chi connectivity index (χ4n) is 5.13. The molecule has 0 aliphatic heterocycles. The molecule has 0 spiro atoms. The van der Waals surface area contributed by atoms with Gasteiger partial charge in [-0.2, -0.15) is 0 Å². The van der Waals surface area contributed by atoms with Gasteiger partial charge >= 0.3 is 0 Å². The average molecular weight is 598 g/mol. The molecule has 0 radical (unpaired) electrons. The first-order valence-corrected chi connectivity index (χ1v) is 15.6. The fraction of sp³-hybridized carbons (Fsp3) is 0.355. The van der Waals surface area contributed by atoms with Crippen LogP contribution < -0.4 is 14.4 Å². The van der Waals surface area contributed by atoms with Crippen LogP contribution in [0.2, 0.25) is 5.02 Å². The number of sulfonamides is 1. The zero-order valence-electron chi connectivity index (χ0n) is 23.3. The second-order valence-electron chi connectivity index (χ2n) is 10.1. The van der Waals surface area contributed by atoms with Gasteiger partial charge in [-0.3, -0.25) is 13.9 Å². The minimum Gasteiger partial charge on any atom is -0.497 e. The number of ether oxygens (including phenoxy) is 1. The lowest BCUT2D eigenvalue weighted by molar-refractivity contribution is -0.140. The lowest BCUT2D eigenvalue weighted by Crippen LogP contribution is -2.53. The summed E-state index contributed by atoms with van der Waals surface area (Å²) in [6.07, 6.45) is 4.28. The van der Waals surface area contributed by atoms with E-state index in [0.717, 1.165) is 35.6 Å². The fourth-order valence-corrected chi connectivity index (χ4v) is 6.75. The van der Waals surface area contributed by atoms with Crippen LogP contribution in [0.4, 0.5) is 5.69 Å². The van der Waals surface area contributed by atoms with E-state index >= 15 is 0 Å². The SMILES string of the molecule is CC[C@H](C(=O)NC1CCCC1)N(Cc1cccc(OC)c1)C(=O)CN(c1cccc(Cl)c1)S(=O)(=O)c1ccccc1. The number of amides is 2. The van der Waals surface area contributed by atoms with Crippen molar-refractivity contribution in [1.29, 1.82) is 0 Å². The molecule has 0 unspecified atom stereocenters. The van der Waals surface area contributed by atoms with Gasteiger partial charge in [-0.1, -0.05) is 67.8 Å². The highest BCUT2D eigenvalue weighted by Gasteiger charge is 2.34. The van der Waals surface area contributed by atoms with Crippen LogP contribution in [0.15, 0.2) is 83.8 Å². The van der Waals surface area contributed by atoms with E-state index in [4.69, 9.17) is 16.3 Å². The van der Waals surface area contributed by atoms with Gasteiger partial charge in [0, 0.05) is 17.6 Å². The molecule has 0 bridgehead atoms. The molecular weight excluding hydrogens is 562 g/mol. The quantitative estimate of drug-likeness (QED) is 0.301. The number of halogens is 1. The summed E-state index contributed by atoms with van der Waals surface area (Å²) in [5.74, 6) is -0.137. The largest absolute Gasteiger partial charge is 0.497 e. The molecule has 1 saturated carbocycles. The van der Waals surface area contributed by atoms with Crippen LogP contribution in [0.3, 0.4) is 0 Å². The molecule has 1 N–H and O–H groups in total. The minimum atomic E-state index is -4.15. The Labute approximate surface area is 247 Å². The highest BCUT2D eigenvalue weighted by Crippen LogP contribution is 2.27. The Balaban J connectivity index is 1.71. The summed E-state index contributed by atoms with van der Waals surface area (Å²) in [6, 6.07) is 20.8. The predicted molar refractivity (Wildman–Crippen MR) is 160 cm³/mol. The normalized spacial score (nSPS) is 14.3. The summed E-state index contributed by atoms with van der Waals surface area (Å²) >= 11 is 6.23. The maximum absolute atomic E-state index is 14.2. The number of benzene rings is 3. The zero-order valence-corrected chi connectivity index (χ0v) is 24.9. The van der Waals surface area contributed by atoms with Gasteiger partial charge in [0.15, 0.2) is 0 Å². The second kappa shape index (κ2) is 13.9.